The summed E-state index contributed by atoms with van der Waals surface area (Å²) in [6.45, 7) is 0.557. The van der Waals surface area contributed by atoms with Crippen LogP contribution in [0.4, 0.5) is 14.5 Å². The maximum Gasteiger partial charge on any atom is 0.307 e. The Balaban J connectivity index is 1.88. The van der Waals surface area contributed by atoms with E-state index in [1.165, 1.54) is 0 Å². The van der Waals surface area contributed by atoms with Crippen molar-refractivity contribution in [1.29, 1.82) is 0 Å². The summed E-state index contributed by atoms with van der Waals surface area (Å²) < 4.78 is 27.5. The number of nitro groups is 1. The molecule has 1 aromatic carbocycles. The van der Waals surface area contributed by atoms with Crippen LogP contribution in [0.5, 0.6) is 0 Å². The molecule has 0 spiro atoms. The van der Waals surface area contributed by atoms with Crippen LogP contribution in [-0.4, -0.2) is 28.3 Å². The molecule has 2 saturated carbocycles. The molecule has 0 saturated heterocycles. The Kier molecular flexibility index (Phi) is 3.35. The summed E-state index contributed by atoms with van der Waals surface area (Å²) in [7, 11) is 0. The van der Waals surface area contributed by atoms with Crippen molar-refractivity contribution in [2.24, 2.45) is 5.92 Å². The number of carbonyl (C=O) groups excluding carboxylic acids is 1. The molecule has 7 heteroatoms. The van der Waals surface area contributed by atoms with E-state index in [4.69, 9.17) is 0 Å². The van der Waals surface area contributed by atoms with E-state index in [0.29, 0.717) is 24.6 Å². The summed E-state index contributed by atoms with van der Waals surface area (Å²) in [5.74, 6) is -2.36. The summed E-state index contributed by atoms with van der Waals surface area (Å²) in [5, 5.41) is 10.6. The predicted molar refractivity (Wildman–Crippen MR) is 69.8 cm³/mol. The van der Waals surface area contributed by atoms with Gasteiger partial charge in [0.25, 0.3) is 5.91 Å². The Bertz CT molecular complexity index is 612. The molecule has 0 atom stereocenters. The fraction of sp³-hybridized carbons (Fsp3) is 0.500. The summed E-state index contributed by atoms with van der Waals surface area (Å²) >= 11 is 0. The highest BCUT2D eigenvalue weighted by atomic mass is 19.1. The van der Waals surface area contributed by atoms with Gasteiger partial charge in [0.2, 0.25) is 5.82 Å². The SMILES string of the molecule is O=C(c1cc(F)c([N+](=O)[O-])cc1F)N(CC1CC1)C1CC1. The van der Waals surface area contributed by atoms with Crippen LogP contribution in [-0.2, 0) is 0 Å². The Morgan fingerprint density at radius 1 is 1.24 bits per heavy atom. The van der Waals surface area contributed by atoms with Gasteiger partial charge in [0.1, 0.15) is 5.82 Å². The molecule has 0 aromatic heterocycles. The normalized spacial score (nSPS) is 17.6. The van der Waals surface area contributed by atoms with Crippen LogP contribution in [0, 0.1) is 27.7 Å². The first-order valence-corrected chi connectivity index (χ1v) is 6.91. The molecule has 2 aliphatic rings. The summed E-state index contributed by atoms with van der Waals surface area (Å²) in [5.41, 5.74) is -1.38. The molecule has 1 aromatic rings. The number of hydrogen-bond acceptors (Lipinski definition) is 3. The fourth-order valence-electron chi connectivity index (χ4n) is 2.36. The zero-order valence-corrected chi connectivity index (χ0v) is 11.2. The maximum atomic E-state index is 13.9. The standard InChI is InChI=1S/C14H14F2N2O3/c15-11-6-13(18(20)21)12(16)5-10(11)14(19)17(9-3-4-9)7-8-1-2-8/h5-6,8-9H,1-4,7H2. The summed E-state index contributed by atoms with van der Waals surface area (Å²) in [6, 6.07) is 1.21. The molecule has 0 radical (unpaired) electrons. The Morgan fingerprint density at radius 3 is 2.43 bits per heavy atom. The minimum atomic E-state index is -1.19. The number of benzene rings is 1. The lowest BCUT2D eigenvalue weighted by Crippen LogP contribution is -2.35. The van der Waals surface area contributed by atoms with Gasteiger partial charge in [-0.15, -0.1) is 0 Å². The van der Waals surface area contributed by atoms with Crippen molar-refractivity contribution in [3.05, 3.63) is 39.4 Å². The zero-order valence-electron chi connectivity index (χ0n) is 11.2. The Hall–Kier alpha value is -2.05. The highest BCUT2D eigenvalue weighted by Crippen LogP contribution is 2.36. The topological polar surface area (TPSA) is 63.4 Å². The number of hydrogen-bond donors (Lipinski definition) is 0. The number of rotatable bonds is 5. The van der Waals surface area contributed by atoms with Crippen molar-refractivity contribution < 1.29 is 18.5 Å². The summed E-state index contributed by atoms with van der Waals surface area (Å²) in [4.78, 5) is 23.5. The molecule has 0 unspecified atom stereocenters. The van der Waals surface area contributed by atoms with Gasteiger partial charge in [-0.1, -0.05) is 0 Å². The summed E-state index contributed by atoms with van der Waals surface area (Å²) in [6.07, 6.45) is 3.84. The lowest BCUT2D eigenvalue weighted by atomic mass is 10.1. The third kappa shape index (κ3) is 2.86. The van der Waals surface area contributed by atoms with Crippen LogP contribution in [0.25, 0.3) is 0 Å². The van der Waals surface area contributed by atoms with E-state index in [-0.39, 0.29) is 6.04 Å². The average Bonchev–Trinajstić information content (AvgIpc) is 3.29. The third-order valence-electron chi connectivity index (χ3n) is 3.86. The molecule has 21 heavy (non-hydrogen) atoms. The Labute approximate surface area is 119 Å². The molecule has 0 heterocycles. The first-order chi connectivity index (χ1) is 9.97. The molecular weight excluding hydrogens is 282 g/mol. The van der Waals surface area contributed by atoms with E-state index < -0.39 is 33.7 Å². The van der Waals surface area contributed by atoms with Crippen molar-refractivity contribution >= 4 is 11.6 Å². The minimum Gasteiger partial charge on any atom is -0.335 e. The van der Waals surface area contributed by atoms with Gasteiger partial charge in [-0.3, -0.25) is 14.9 Å². The number of carbonyl (C=O) groups is 1. The van der Waals surface area contributed by atoms with Crippen molar-refractivity contribution in [2.75, 3.05) is 6.54 Å². The van der Waals surface area contributed by atoms with Gasteiger partial charge < -0.3 is 4.90 Å². The van der Waals surface area contributed by atoms with Crippen LogP contribution in [0.3, 0.4) is 0 Å². The predicted octanol–water partition coefficient (Wildman–Crippen LogP) is 2.89. The molecule has 0 bridgehead atoms. The van der Waals surface area contributed by atoms with Gasteiger partial charge in [0, 0.05) is 12.6 Å². The van der Waals surface area contributed by atoms with Crippen molar-refractivity contribution in [3.8, 4) is 0 Å². The second-order valence-corrected chi connectivity index (χ2v) is 5.67. The third-order valence-corrected chi connectivity index (χ3v) is 3.86. The number of amides is 1. The van der Waals surface area contributed by atoms with Gasteiger partial charge in [-0.05, 0) is 37.7 Å². The van der Waals surface area contributed by atoms with E-state index >= 15 is 0 Å². The van der Waals surface area contributed by atoms with Gasteiger partial charge in [-0.2, -0.15) is 4.39 Å². The van der Waals surface area contributed by atoms with Crippen LogP contribution in [0.2, 0.25) is 0 Å². The largest absolute Gasteiger partial charge is 0.335 e. The molecule has 0 aliphatic heterocycles. The number of nitro benzene ring substituents is 1. The molecular formula is C14H14F2N2O3. The molecule has 2 aliphatic carbocycles. The van der Waals surface area contributed by atoms with Crippen LogP contribution < -0.4 is 0 Å². The average molecular weight is 296 g/mol. The van der Waals surface area contributed by atoms with E-state index in [0.717, 1.165) is 25.7 Å². The van der Waals surface area contributed by atoms with E-state index in [1.54, 1.807) is 4.90 Å². The molecule has 5 nitrogen and oxygen atoms in total. The lowest BCUT2D eigenvalue weighted by molar-refractivity contribution is -0.387. The van der Waals surface area contributed by atoms with Crippen molar-refractivity contribution in [2.45, 2.75) is 31.7 Å². The molecule has 0 N–H and O–H groups in total. The van der Waals surface area contributed by atoms with Gasteiger partial charge >= 0.3 is 5.69 Å². The van der Waals surface area contributed by atoms with Crippen molar-refractivity contribution in [1.82, 2.24) is 4.90 Å². The van der Waals surface area contributed by atoms with E-state index in [1.807, 2.05) is 0 Å². The van der Waals surface area contributed by atoms with Crippen LogP contribution in [0.1, 0.15) is 36.0 Å². The zero-order chi connectivity index (χ0) is 15.1. The molecule has 3 rings (SSSR count). The fourth-order valence-corrected chi connectivity index (χ4v) is 2.36. The number of nitrogens with zero attached hydrogens (tertiary/aromatic N) is 2. The second-order valence-electron chi connectivity index (χ2n) is 5.67. The van der Waals surface area contributed by atoms with Crippen molar-refractivity contribution in [3.63, 3.8) is 0 Å². The monoisotopic (exact) mass is 296 g/mol. The minimum absolute atomic E-state index is 0.0933. The van der Waals surface area contributed by atoms with Gasteiger partial charge in [0.15, 0.2) is 0 Å². The van der Waals surface area contributed by atoms with Crippen LogP contribution >= 0.6 is 0 Å². The quantitative estimate of drug-likeness (QED) is 0.620. The van der Waals surface area contributed by atoms with E-state index in [2.05, 4.69) is 0 Å². The highest BCUT2D eigenvalue weighted by molar-refractivity contribution is 5.95. The Morgan fingerprint density at radius 2 is 1.90 bits per heavy atom. The lowest BCUT2D eigenvalue weighted by Gasteiger charge is -2.22. The molecule has 112 valence electrons. The maximum absolute atomic E-state index is 13.9. The van der Waals surface area contributed by atoms with E-state index in [9.17, 15) is 23.7 Å². The second kappa shape index (κ2) is 5.05. The van der Waals surface area contributed by atoms with Crippen LogP contribution in [0.15, 0.2) is 12.1 Å². The number of halogens is 2. The van der Waals surface area contributed by atoms with Gasteiger partial charge in [0.05, 0.1) is 16.6 Å². The van der Waals surface area contributed by atoms with Gasteiger partial charge in [-0.25, -0.2) is 4.39 Å². The molecule has 2 fully saturated rings. The first kappa shape index (κ1) is 13.9. The smallest absolute Gasteiger partial charge is 0.307 e. The first-order valence-electron chi connectivity index (χ1n) is 6.91. The molecule has 1 amide bonds. The highest BCUT2D eigenvalue weighted by Gasteiger charge is 2.38.